The second kappa shape index (κ2) is 2.51. The van der Waals surface area contributed by atoms with Gasteiger partial charge in [0.05, 0.1) is 0 Å². The molecule has 2 aliphatic rings. The van der Waals surface area contributed by atoms with Crippen molar-refractivity contribution in [3.05, 3.63) is 0 Å². The van der Waals surface area contributed by atoms with Crippen LogP contribution in [-0.4, -0.2) is 23.4 Å². The maximum Gasteiger partial charge on any atom is 0.0269 e. The van der Waals surface area contributed by atoms with Crippen LogP contribution >= 0.6 is 0 Å². The molecule has 1 saturated heterocycles. The summed E-state index contributed by atoms with van der Waals surface area (Å²) >= 11 is 0. The summed E-state index contributed by atoms with van der Waals surface area (Å²) in [6, 6.07) is 0. The molecule has 0 spiro atoms. The van der Waals surface area contributed by atoms with Crippen LogP contribution in [0.15, 0.2) is 0 Å². The first-order valence-corrected chi connectivity index (χ1v) is 4.30. The van der Waals surface area contributed by atoms with Gasteiger partial charge in [0.2, 0.25) is 0 Å². The van der Waals surface area contributed by atoms with Crippen molar-refractivity contribution in [3.8, 4) is 0 Å². The van der Waals surface area contributed by atoms with Crippen molar-refractivity contribution >= 4 is 0 Å². The number of nitrogens with zero attached hydrogens (tertiary/aromatic N) is 1. The second-order valence-electron chi connectivity index (χ2n) is 3.68. The Labute approximate surface area is 61.8 Å². The molecule has 2 nitrogen and oxygen atoms in total. The summed E-state index contributed by atoms with van der Waals surface area (Å²) in [6.07, 6.45) is 5.47. The highest BCUT2D eigenvalue weighted by atomic mass is 16.5. The van der Waals surface area contributed by atoms with Gasteiger partial charge in [-0.25, -0.2) is 0 Å². The van der Waals surface area contributed by atoms with E-state index in [1.54, 1.807) is 0 Å². The Morgan fingerprint density at radius 1 is 1.00 bits per heavy atom. The maximum absolute atomic E-state index is 9.19. The SMILES string of the molecule is ON1CC2CCCCC2C1. The third kappa shape index (κ3) is 1.06. The monoisotopic (exact) mass is 141 g/mol. The molecule has 0 aromatic carbocycles. The Morgan fingerprint density at radius 3 is 2.00 bits per heavy atom. The van der Waals surface area contributed by atoms with Gasteiger partial charge in [-0.15, -0.1) is 0 Å². The van der Waals surface area contributed by atoms with Gasteiger partial charge in [-0.1, -0.05) is 12.8 Å². The van der Waals surface area contributed by atoms with Crippen molar-refractivity contribution < 1.29 is 5.21 Å². The molecule has 2 atom stereocenters. The fourth-order valence-electron chi connectivity index (χ4n) is 2.38. The van der Waals surface area contributed by atoms with E-state index in [4.69, 9.17) is 0 Å². The molecule has 0 radical (unpaired) electrons. The van der Waals surface area contributed by atoms with Gasteiger partial charge in [-0.2, -0.15) is 5.06 Å². The van der Waals surface area contributed by atoms with Crippen LogP contribution < -0.4 is 0 Å². The minimum Gasteiger partial charge on any atom is -0.314 e. The van der Waals surface area contributed by atoms with Gasteiger partial charge in [-0.3, -0.25) is 0 Å². The van der Waals surface area contributed by atoms with Crippen LogP contribution in [0.1, 0.15) is 25.7 Å². The van der Waals surface area contributed by atoms with Crippen LogP contribution in [0.25, 0.3) is 0 Å². The molecule has 1 aliphatic carbocycles. The molecule has 2 heteroatoms. The topological polar surface area (TPSA) is 23.5 Å². The molecular formula is C8H15NO. The Morgan fingerprint density at radius 2 is 1.50 bits per heavy atom. The van der Waals surface area contributed by atoms with Gasteiger partial charge in [0, 0.05) is 13.1 Å². The number of hydroxylamine groups is 2. The molecule has 10 heavy (non-hydrogen) atoms. The van der Waals surface area contributed by atoms with E-state index in [2.05, 4.69) is 0 Å². The van der Waals surface area contributed by atoms with E-state index >= 15 is 0 Å². The number of rotatable bonds is 0. The Bertz CT molecular complexity index is 112. The minimum absolute atomic E-state index is 0.818. The molecule has 2 fully saturated rings. The summed E-state index contributed by atoms with van der Waals surface area (Å²) in [5, 5.41) is 10.7. The smallest absolute Gasteiger partial charge is 0.0269 e. The second-order valence-corrected chi connectivity index (χ2v) is 3.68. The fourth-order valence-corrected chi connectivity index (χ4v) is 2.38. The Balaban J connectivity index is 1.97. The zero-order valence-electron chi connectivity index (χ0n) is 6.29. The molecule has 1 saturated carbocycles. The van der Waals surface area contributed by atoms with Gasteiger partial charge >= 0.3 is 0 Å². The Kier molecular flexibility index (Phi) is 1.66. The van der Waals surface area contributed by atoms with Crippen LogP contribution in [0.3, 0.4) is 0 Å². The predicted molar refractivity (Wildman–Crippen MR) is 38.8 cm³/mol. The molecule has 0 aromatic rings. The van der Waals surface area contributed by atoms with Crippen LogP contribution in [0.4, 0.5) is 0 Å². The molecule has 0 bridgehead atoms. The minimum atomic E-state index is 0.818. The summed E-state index contributed by atoms with van der Waals surface area (Å²) in [4.78, 5) is 0. The standard InChI is InChI=1S/C8H15NO/c10-9-5-7-3-1-2-4-8(7)6-9/h7-8,10H,1-6H2. The van der Waals surface area contributed by atoms with Crippen LogP contribution in [0, 0.1) is 11.8 Å². The number of hydrogen-bond acceptors (Lipinski definition) is 2. The highest BCUT2D eigenvalue weighted by Gasteiger charge is 2.33. The maximum atomic E-state index is 9.19. The highest BCUT2D eigenvalue weighted by Crippen LogP contribution is 2.34. The summed E-state index contributed by atoms with van der Waals surface area (Å²) in [5.74, 6) is 1.64. The van der Waals surface area contributed by atoms with Crippen LogP contribution in [-0.2, 0) is 0 Å². The first kappa shape index (κ1) is 6.62. The average Bonchev–Trinajstić information content (AvgIpc) is 2.27. The third-order valence-corrected chi connectivity index (χ3v) is 2.96. The molecule has 0 aromatic heterocycles. The number of hydrogen-bond donors (Lipinski definition) is 1. The molecule has 2 rings (SSSR count). The summed E-state index contributed by atoms with van der Waals surface area (Å²) in [7, 11) is 0. The molecule has 0 amide bonds. The lowest BCUT2D eigenvalue weighted by atomic mass is 9.82. The van der Waals surface area contributed by atoms with E-state index in [-0.39, 0.29) is 0 Å². The quantitative estimate of drug-likeness (QED) is 0.552. The lowest BCUT2D eigenvalue weighted by Crippen LogP contribution is -2.16. The van der Waals surface area contributed by atoms with E-state index in [9.17, 15) is 5.21 Å². The normalized spacial score (nSPS) is 41.7. The van der Waals surface area contributed by atoms with Crippen molar-refractivity contribution in [3.63, 3.8) is 0 Å². The van der Waals surface area contributed by atoms with Crippen LogP contribution in [0.2, 0.25) is 0 Å². The van der Waals surface area contributed by atoms with E-state index in [1.165, 1.54) is 30.7 Å². The van der Waals surface area contributed by atoms with Gasteiger partial charge in [0.1, 0.15) is 0 Å². The van der Waals surface area contributed by atoms with Crippen LogP contribution in [0.5, 0.6) is 0 Å². The van der Waals surface area contributed by atoms with Crippen molar-refractivity contribution in [2.24, 2.45) is 11.8 Å². The van der Waals surface area contributed by atoms with Gasteiger partial charge in [0.25, 0.3) is 0 Å². The van der Waals surface area contributed by atoms with E-state index < -0.39 is 0 Å². The molecule has 1 aliphatic heterocycles. The lowest BCUT2D eigenvalue weighted by Gasteiger charge is -2.22. The van der Waals surface area contributed by atoms with Crippen molar-refractivity contribution in [2.45, 2.75) is 25.7 Å². The summed E-state index contributed by atoms with van der Waals surface area (Å²) < 4.78 is 0. The first-order chi connectivity index (χ1) is 4.86. The average molecular weight is 141 g/mol. The van der Waals surface area contributed by atoms with Crippen molar-refractivity contribution in [2.75, 3.05) is 13.1 Å². The van der Waals surface area contributed by atoms with Gasteiger partial charge in [0.15, 0.2) is 0 Å². The van der Waals surface area contributed by atoms with E-state index in [0.29, 0.717) is 0 Å². The summed E-state index contributed by atoms with van der Waals surface area (Å²) in [5.41, 5.74) is 0. The van der Waals surface area contributed by atoms with E-state index in [0.717, 1.165) is 24.9 Å². The molecule has 1 heterocycles. The molecule has 2 unspecified atom stereocenters. The van der Waals surface area contributed by atoms with E-state index in [1.807, 2.05) is 0 Å². The largest absolute Gasteiger partial charge is 0.314 e. The predicted octanol–water partition coefficient (Wildman–Crippen LogP) is 1.50. The summed E-state index contributed by atoms with van der Waals surface area (Å²) in [6.45, 7) is 1.87. The first-order valence-electron chi connectivity index (χ1n) is 4.30. The zero-order valence-corrected chi connectivity index (χ0v) is 6.29. The fraction of sp³-hybridized carbons (Fsp3) is 1.00. The number of fused-ring (bicyclic) bond motifs is 1. The molecule has 58 valence electrons. The molecular weight excluding hydrogens is 126 g/mol. The van der Waals surface area contributed by atoms with Gasteiger partial charge in [-0.05, 0) is 24.7 Å². The third-order valence-electron chi connectivity index (χ3n) is 2.96. The van der Waals surface area contributed by atoms with Crippen molar-refractivity contribution in [1.29, 1.82) is 0 Å². The Hall–Kier alpha value is -0.0800. The van der Waals surface area contributed by atoms with Gasteiger partial charge < -0.3 is 5.21 Å². The van der Waals surface area contributed by atoms with Crippen molar-refractivity contribution in [1.82, 2.24) is 5.06 Å². The molecule has 1 N–H and O–H groups in total. The highest BCUT2D eigenvalue weighted by molar-refractivity contribution is 4.83. The lowest BCUT2D eigenvalue weighted by molar-refractivity contribution is -0.0734. The zero-order chi connectivity index (χ0) is 6.97.